The predicted molar refractivity (Wildman–Crippen MR) is 135 cm³/mol. The van der Waals surface area contributed by atoms with Crippen molar-refractivity contribution in [1.82, 2.24) is 19.4 Å². The van der Waals surface area contributed by atoms with Crippen LogP contribution >= 0.6 is 0 Å². The molecule has 9 nitrogen and oxygen atoms in total. The zero-order valence-electron chi connectivity index (χ0n) is 21.1. The van der Waals surface area contributed by atoms with E-state index < -0.39 is 33.9 Å². The third-order valence-corrected chi connectivity index (χ3v) is 8.68. The summed E-state index contributed by atoms with van der Waals surface area (Å²) < 4.78 is 46.7. The van der Waals surface area contributed by atoms with Gasteiger partial charge < -0.3 is 10.1 Å². The number of carbonyl (C=O) groups excluding carboxylic acids is 2. The van der Waals surface area contributed by atoms with E-state index in [1.165, 1.54) is 33.5 Å². The van der Waals surface area contributed by atoms with Gasteiger partial charge in [0.15, 0.2) is 0 Å². The van der Waals surface area contributed by atoms with Crippen LogP contribution in [0.15, 0.2) is 70.8 Å². The number of piperazine rings is 1. The Hall–Kier alpha value is -3.28. The van der Waals surface area contributed by atoms with E-state index in [1.807, 2.05) is 11.8 Å². The highest BCUT2D eigenvalue weighted by atomic mass is 32.2. The number of benzene rings is 2. The number of rotatable bonds is 7. The van der Waals surface area contributed by atoms with E-state index in [-0.39, 0.29) is 36.2 Å². The van der Waals surface area contributed by atoms with E-state index in [1.54, 1.807) is 44.3 Å². The molecule has 0 spiro atoms. The number of hydrogen-bond donors (Lipinski definition) is 1. The molecule has 2 amide bonds. The molecular formula is C26H31FN4O5S. The number of urea groups is 1. The van der Waals surface area contributed by atoms with Gasteiger partial charge in [0.2, 0.25) is 10.0 Å². The van der Waals surface area contributed by atoms with Crippen LogP contribution in [0.2, 0.25) is 0 Å². The van der Waals surface area contributed by atoms with Gasteiger partial charge >= 0.3 is 12.0 Å². The molecule has 2 heterocycles. The monoisotopic (exact) mass is 530 g/mol. The Labute approximate surface area is 216 Å². The van der Waals surface area contributed by atoms with Gasteiger partial charge in [-0.1, -0.05) is 30.3 Å². The number of likely N-dealkylation sites (N-methyl/N-ethyl adjacent to an activating group) is 1. The first-order chi connectivity index (χ1) is 17.6. The summed E-state index contributed by atoms with van der Waals surface area (Å²) in [6, 6.07) is 12.4. The van der Waals surface area contributed by atoms with Gasteiger partial charge in [-0.05, 0) is 43.7 Å². The van der Waals surface area contributed by atoms with E-state index in [4.69, 9.17) is 4.74 Å². The predicted octanol–water partition coefficient (Wildman–Crippen LogP) is 2.73. The zero-order valence-corrected chi connectivity index (χ0v) is 21.9. The summed E-state index contributed by atoms with van der Waals surface area (Å²) in [7, 11) is -2.08. The molecule has 2 atom stereocenters. The molecule has 4 rings (SSSR count). The largest absolute Gasteiger partial charge is 0.463 e. The molecule has 0 radical (unpaired) electrons. The fourth-order valence-corrected chi connectivity index (χ4v) is 6.39. The highest BCUT2D eigenvalue weighted by Gasteiger charge is 2.39. The first kappa shape index (κ1) is 26.8. The summed E-state index contributed by atoms with van der Waals surface area (Å²) >= 11 is 0. The van der Waals surface area contributed by atoms with Crippen molar-refractivity contribution in [1.29, 1.82) is 0 Å². The maximum Gasteiger partial charge on any atom is 0.338 e. The zero-order chi connectivity index (χ0) is 26.7. The number of carbonyl (C=O) groups is 2. The van der Waals surface area contributed by atoms with E-state index in [0.29, 0.717) is 24.4 Å². The second-order valence-corrected chi connectivity index (χ2v) is 11.0. The van der Waals surface area contributed by atoms with Gasteiger partial charge in [-0.25, -0.2) is 22.4 Å². The summed E-state index contributed by atoms with van der Waals surface area (Å²) in [5.74, 6) is -1.00. The molecule has 1 saturated heterocycles. The van der Waals surface area contributed by atoms with Crippen LogP contribution in [0.3, 0.4) is 0 Å². The molecule has 0 aliphatic carbocycles. The molecule has 0 saturated carbocycles. The van der Waals surface area contributed by atoms with Crippen LogP contribution in [-0.2, 0) is 19.6 Å². The van der Waals surface area contributed by atoms with Gasteiger partial charge in [0.25, 0.3) is 0 Å². The van der Waals surface area contributed by atoms with Gasteiger partial charge in [0, 0.05) is 45.0 Å². The van der Waals surface area contributed by atoms with Crippen molar-refractivity contribution in [3.8, 4) is 0 Å². The molecule has 1 N–H and O–H groups in total. The van der Waals surface area contributed by atoms with Crippen LogP contribution in [0, 0.1) is 5.82 Å². The Morgan fingerprint density at radius 3 is 2.41 bits per heavy atom. The summed E-state index contributed by atoms with van der Waals surface area (Å²) in [6.45, 7) is 5.00. The first-order valence-electron chi connectivity index (χ1n) is 12.1. The highest BCUT2D eigenvalue weighted by Crippen LogP contribution is 2.32. The minimum atomic E-state index is -3.65. The molecule has 37 heavy (non-hydrogen) atoms. The van der Waals surface area contributed by atoms with Crippen LogP contribution in [0.1, 0.15) is 25.5 Å². The lowest BCUT2D eigenvalue weighted by molar-refractivity contribution is -0.139. The van der Waals surface area contributed by atoms with E-state index in [9.17, 15) is 22.4 Å². The summed E-state index contributed by atoms with van der Waals surface area (Å²) in [5, 5.41) is 2.81. The van der Waals surface area contributed by atoms with E-state index in [2.05, 4.69) is 5.32 Å². The topological polar surface area (TPSA) is 99.3 Å². The number of nitrogens with zero attached hydrogens (tertiary/aromatic N) is 3. The molecule has 0 aromatic heterocycles. The second-order valence-electron chi connectivity index (χ2n) is 9.09. The Morgan fingerprint density at radius 2 is 1.78 bits per heavy atom. The lowest BCUT2D eigenvalue weighted by Crippen LogP contribution is -2.56. The van der Waals surface area contributed by atoms with Crippen LogP contribution in [0.25, 0.3) is 0 Å². The number of halogens is 1. The highest BCUT2D eigenvalue weighted by molar-refractivity contribution is 7.89. The SMILES string of the molecule is CCOC(=O)C1=C(CN2CCN(S(=O)(=O)c3ccccc3)[C@H](C)C2)N(C)C(=O)N[C@H]1c1ccc(F)cc1. The van der Waals surface area contributed by atoms with Crippen LogP contribution in [0.4, 0.5) is 9.18 Å². The third-order valence-electron chi connectivity index (χ3n) is 6.65. The minimum absolute atomic E-state index is 0.149. The van der Waals surface area contributed by atoms with Gasteiger partial charge in [0.05, 0.1) is 23.1 Å². The Bertz CT molecular complexity index is 1280. The van der Waals surface area contributed by atoms with Crippen LogP contribution in [0.5, 0.6) is 0 Å². The van der Waals surface area contributed by atoms with Crippen molar-refractivity contribution in [2.45, 2.75) is 30.8 Å². The standard InChI is InChI=1S/C26H31FN4O5S/c1-4-36-25(32)23-22(29(3)26(33)28-24(23)19-10-12-20(27)13-11-19)17-30-14-15-31(18(2)16-30)37(34,35)21-8-6-5-7-9-21/h5-13,18,24H,4,14-17H2,1-3H3,(H,28,33)/t18-,24+/m1/s1. The summed E-state index contributed by atoms with van der Waals surface area (Å²) in [4.78, 5) is 29.6. The molecule has 11 heteroatoms. The number of sulfonamides is 1. The number of nitrogens with one attached hydrogen (secondary N) is 1. The smallest absolute Gasteiger partial charge is 0.338 e. The Kier molecular flexibility index (Phi) is 7.96. The van der Waals surface area contributed by atoms with Crippen molar-refractivity contribution in [3.05, 3.63) is 77.2 Å². The molecule has 1 fully saturated rings. The molecular weight excluding hydrogens is 499 g/mol. The molecule has 2 aliphatic heterocycles. The first-order valence-corrected chi connectivity index (χ1v) is 13.6. The van der Waals surface area contributed by atoms with Crippen molar-refractivity contribution >= 4 is 22.0 Å². The van der Waals surface area contributed by atoms with Crippen LogP contribution in [-0.4, -0.2) is 80.4 Å². The molecule has 0 bridgehead atoms. The fraction of sp³-hybridized carbons (Fsp3) is 0.385. The minimum Gasteiger partial charge on any atom is -0.463 e. The summed E-state index contributed by atoms with van der Waals surface area (Å²) in [6.07, 6.45) is 0. The number of ether oxygens (including phenoxy) is 1. The molecule has 2 aromatic rings. The number of esters is 1. The van der Waals surface area contributed by atoms with Crippen molar-refractivity contribution in [2.75, 3.05) is 39.8 Å². The molecule has 2 aromatic carbocycles. The summed E-state index contributed by atoms with van der Waals surface area (Å²) in [5.41, 5.74) is 1.28. The average Bonchev–Trinajstić information content (AvgIpc) is 2.87. The Balaban J connectivity index is 1.62. The van der Waals surface area contributed by atoms with Crippen molar-refractivity contribution < 1.29 is 27.1 Å². The Morgan fingerprint density at radius 1 is 1.11 bits per heavy atom. The van der Waals surface area contributed by atoms with Gasteiger partial charge in [-0.2, -0.15) is 4.31 Å². The van der Waals surface area contributed by atoms with Gasteiger partial charge in [-0.3, -0.25) is 9.80 Å². The number of hydrogen-bond acceptors (Lipinski definition) is 6. The second kappa shape index (κ2) is 11.0. The van der Waals surface area contributed by atoms with Crippen LogP contribution < -0.4 is 5.32 Å². The maximum absolute atomic E-state index is 13.6. The molecule has 0 unspecified atom stereocenters. The quantitative estimate of drug-likeness (QED) is 0.553. The van der Waals surface area contributed by atoms with Crippen molar-refractivity contribution in [2.24, 2.45) is 0 Å². The lowest BCUT2D eigenvalue weighted by atomic mass is 9.94. The van der Waals surface area contributed by atoms with Gasteiger partial charge in [0.1, 0.15) is 5.82 Å². The van der Waals surface area contributed by atoms with Gasteiger partial charge in [-0.15, -0.1) is 0 Å². The van der Waals surface area contributed by atoms with E-state index >= 15 is 0 Å². The van der Waals surface area contributed by atoms with Crippen molar-refractivity contribution in [3.63, 3.8) is 0 Å². The normalized spacial score (nSPS) is 21.6. The third kappa shape index (κ3) is 5.53. The lowest BCUT2D eigenvalue weighted by Gasteiger charge is -2.41. The van der Waals surface area contributed by atoms with E-state index in [0.717, 1.165) is 0 Å². The average molecular weight is 531 g/mol. The molecule has 198 valence electrons. The number of amides is 2. The molecule has 2 aliphatic rings. The maximum atomic E-state index is 13.6. The fourth-order valence-electron chi connectivity index (χ4n) is 4.76.